The fourth-order valence-electron chi connectivity index (χ4n) is 1.05. The third-order valence-electron chi connectivity index (χ3n) is 2.14. The van der Waals surface area contributed by atoms with Crippen LogP contribution in [0.1, 0.15) is 20.8 Å². The molecule has 0 fully saturated rings. The highest BCUT2D eigenvalue weighted by atomic mass is 19.2. The number of halogens is 2. The van der Waals surface area contributed by atoms with E-state index >= 15 is 0 Å². The third-order valence-corrected chi connectivity index (χ3v) is 2.14. The molecule has 0 amide bonds. The Labute approximate surface area is 99.3 Å². The zero-order chi connectivity index (χ0) is 13.1. The number of hydrogen-bond acceptors (Lipinski definition) is 2. The van der Waals surface area contributed by atoms with Crippen LogP contribution in [0.2, 0.25) is 0 Å². The summed E-state index contributed by atoms with van der Waals surface area (Å²) in [6.45, 7) is 5.41. The molecule has 0 aliphatic heterocycles. The first-order chi connectivity index (χ1) is 7.80. The first-order valence-electron chi connectivity index (χ1n) is 5.23. The van der Waals surface area contributed by atoms with Crippen molar-refractivity contribution in [3.8, 4) is 0 Å². The summed E-state index contributed by atoms with van der Waals surface area (Å²) in [5.41, 5.74) is -0.0615. The van der Waals surface area contributed by atoms with E-state index < -0.39 is 17.0 Å². The lowest BCUT2D eigenvalue weighted by atomic mass is 9.91. The lowest BCUT2D eigenvalue weighted by Gasteiger charge is -2.13. The van der Waals surface area contributed by atoms with Crippen LogP contribution in [0.5, 0.6) is 0 Å². The number of hydrogen-bond donors (Lipinski definition) is 1. The van der Waals surface area contributed by atoms with Gasteiger partial charge in [-0.3, -0.25) is 4.79 Å². The number of nitrogens with one attached hydrogen (secondary N) is 1. The van der Waals surface area contributed by atoms with Gasteiger partial charge in [0.25, 0.3) is 0 Å². The zero-order valence-electron chi connectivity index (χ0n) is 10.1. The Morgan fingerprint density at radius 2 is 1.88 bits per heavy atom. The van der Waals surface area contributed by atoms with E-state index in [1.165, 1.54) is 18.3 Å². The highest BCUT2D eigenvalue weighted by Crippen LogP contribution is 2.16. The Balaban J connectivity index is 2.65. The molecule has 92 valence electrons. The molecule has 0 atom stereocenters. The Bertz CT molecular complexity index is 447. The van der Waals surface area contributed by atoms with Gasteiger partial charge in [0.2, 0.25) is 0 Å². The van der Waals surface area contributed by atoms with Gasteiger partial charge in [-0.05, 0) is 18.2 Å². The normalized spacial score (nSPS) is 11.8. The molecule has 0 unspecified atom stereocenters. The summed E-state index contributed by atoms with van der Waals surface area (Å²) in [6, 6.07) is 3.45. The van der Waals surface area contributed by atoms with Gasteiger partial charge in [0.05, 0.1) is 0 Å². The van der Waals surface area contributed by atoms with Crippen molar-refractivity contribution in [1.82, 2.24) is 0 Å². The van der Waals surface area contributed by atoms with Crippen LogP contribution in [-0.4, -0.2) is 5.78 Å². The first kappa shape index (κ1) is 13.4. The fourth-order valence-corrected chi connectivity index (χ4v) is 1.05. The molecule has 0 spiro atoms. The third kappa shape index (κ3) is 3.98. The topological polar surface area (TPSA) is 29.1 Å². The van der Waals surface area contributed by atoms with Crippen LogP contribution >= 0.6 is 0 Å². The zero-order valence-corrected chi connectivity index (χ0v) is 10.1. The predicted octanol–water partition coefficient (Wildman–Crippen LogP) is 3.51. The Morgan fingerprint density at radius 3 is 2.41 bits per heavy atom. The van der Waals surface area contributed by atoms with Crippen molar-refractivity contribution in [3.63, 3.8) is 0 Å². The quantitative estimate of drug-likeness (QED) is 0.818. The van der Waals surface area contributed by atoms with E-state index in [4.69, 9.17) is 0 Å². The van der Waals surface area contributed by atoms with Crippen LogP contribution < -0.4 is 5.32 Å². The molecule has 1 rings (SSSR count). The molecule has 0 saturated heterocycles. The number of ketones is 1. The van der Waals surface area contributed by atoms with Crippen molar-refractivity contribution >= 4 is 11.5 Å². The molecule has 0 saturated carbocycles. The van der Waals surface area contributed by atoms with Gasteiger partial charge < -0.3 is 5.32 Å². The molecular formula is C13H15F2NO. The minimum atomic E-state index is -0.925. The fraction of sp³-hybridized carbons (Fsp3) is 0.308. The highest BCUT2D eigenvalue weighted by Gasteiger charge is 2.17. The molecule has 1 aromatic carbocycles. The second-order valence-electron chi connectivity index (χ2n) is 4.72. The van der Waals surface area contributed by atoms with Gasteiger partial charge in [0.15, 0.2) is 17.4 Å². The van der Waals surface area contributed by atoms with Crippen LogP contribution in [0.15, 0.2) is 30.5 Å². The molecule has 0 aliphatic rings. The molecule has 4 heteroatoms. The van der Waals surface area contributed by atoms with Gasteiger partial charge >= 0.3 is 0 Å². The molecule has 0 aromatic heterocycles. The maximum Gasteiger partial charge on any atom is 0.162 e. The van der Waals surface area contributed by atoms with E-state index in [2.05, 4.69) is 5.32 Å². The number of carbonyl (C=O) groups is 1. The standard InChI is InChI=1S/C13H15F2NO/c1-13(2,3)12(17)6-7-16-9-4-5-10(14)11(15)8-9/h4-8,16H,1-3H3. The first-order valence-corrected chi connectivity index (χ1v) is 5.23. The summed E-state index contributed by atoms with van der Waals surface area (Å²) in [5, 5.41) is 2.71. The summed E-state index contributed by atoms with van der Waals surface area (Å²) in [6.07, 6.45) is 2.79. The van der Waals surface area contributed by atoms with Gasteiger partial charge in [-0.2, -0.15) is 0 Å². The second kappa shape index (κ2) is 5.08. The van der Waals surface area contributed by atoms with Crippen molar-refractivity contribution in [2.75, 3.05) is 5.32 Å². The highest BCUT2D eigenvalue weighted by molar-refractivity contribution is 5.94. The number of carbonyl (C=O) groups excluding carboxylic acids is 1. The van der Waals surface area contributed by atoms with E-state index in [1.54, 1.807) is 20.8 Å². The van der Waals surface area contributed by atoms with Crippen molar-refractivity contribution in [2.45, 2.75) is 20.8 Å². The number of benzene rings is 1. The molecule has 0 heterocycles. The van der Waals surface area contributed by atoms with E-state index in [-0.39, 0.29) is 5.78 Å². The van der Waals surface area contributed by atoms with Gasteiger partial charge in [-0.15, -0.1) is 0 Å². The number of rotatable bonds is 3. The Morgan fingerprint density at radius 1 is 1.24 bits per heavy atom. The van der Waals surface area contributed by atoms with E-state index in [0.29, 0.717) is 5.69 Å². The molecule has 1 N–H and O–H groups in total. The van der Waals surface area contributed by atoms with Crippen LogP contribution in [0, 0.1) is 17.0 Å². The predicted molar refractivity (Wildman–Crippen MR) is 63.6 cm³/mol. The number of allylic oxidation sites excluding steroid dienone is 1. The van der Waals surface area contributed by atoms with Gasteiger partial charge in [0.1, 0.15) is 0 Å². The van der Waals surface area contributed by atoms with Crippen LogP contribution in [0.25, 0.3) is 0 Å². The molecule has 0 aliphatic carbocycles. The van der Waals surface area contributed by atoms with Crippen molar-refractivity contribution in [3.05, 3.63) is 42.1 Å². The molecule has 0 radical (unpaired) electrons. The summed E-state index contributed by atoms with van der Waals surface area (Å²) >= 11 is 0. The second-order valence-corrected chi connectivity index (χ2v) is 4.72. The van der Waals surface area contributed by atoms with Crippen LogP contribution in [0.4, 0.5) is 14.5 Å². The molecule has 17 heavy (non-hydrogen) atoms. The van der Waals surface area contributed by atoms with Crippen molar-refractivity contribution in [1.29, 1.82) is 0 Å². The summed E-state index contributed by atoms with van der Waals surface area (Å²) in [5.74, 6) is -1.87. The SMILES string of the molecule is CC(C)(C)C(=O)C=CNc1ccc(F)c(F)c1. The van der Waals surface area contributed by atoms with E-state index in [1.807, 2.05) is 0 Å². The average molecular weight is 239 g/mol. The molecule has 0 bridgehead atoms. The Hall–Kier alpha value is -1.71. The van der Waals surface area contributed by atoms with Crippen LogP contribution in [0.3, 0.4) is 0 Å². The summed E-state index contributed by atoms with van der Waals surface area (Å²) in [4.78, 5) is 11.5. The van der Waals surface area contributed by atoms with Crippen molar-refractivity contribution in [2.24, 2.45) is 5.41 Å². The maximum absolute atomic E-state index is 12.8. The Kier molecular flexibility index (Phi) is 3.99. The average Bonchev–Trinajstić information content (AvgIpc) is 2.22. The molecule has 1 aromatic rings. The lowest BCUT2D eigenvalue weighted by Crippen LogP contribution is -2.17. The van der Waals surface area contributed by atoms with Gasteiger partial charge in [-0.1, -0.05) is 20.8 Å². The monoisotopic (exact) mass is 239 g/mol. The van der Waals surface area contributed by atoms with Crippen molar-refractivity contribution < 1.29 is 13.6 Å². The molecular weight excluding hydrogens is 224 g/mol. The van der Waals surface area contributed by atoms with Gasteiger partial charge in [0, 0.05) is 23.4 Å². The smallest absolute Gasteiger partial charge is 0.162 e. The van der Waals surface area contributed by atoms with Gasteiger partial charge in [-0.25, -0.2) is 8.78 Å². The van der Waals surface area contributed by atoms with Crippen LogP contribution in [-0.2, 0) is 4.79 Å². The molecule has 2 nitrogen and oxygen atoms in total. The minimum absolute atomic E-state index is 0.0485. The lowest BCUT2D eigenvalue weighted by molar-refractivity contribution is -0.121. The maximum atomic E-state index is 12.8. The summed E-state index contributed by atoms with van der Waals surface area (Å²) < 4.78 is 25.5. The summed E-state index contributed by atoms with van der Waals surface area (Å²) in [7, 11) is 0. The van der Waals surface area contributed by atoms with E-state index in [9.17, 15) is 13.6 Å². The number of anilines is 1. The minimum Gasteiger partial charge on any atom is -0.361 e. The van der Waals surface area contributed by atoms with E-state index in [0.717, 1.165) is 12.1 Å². The largest absolute Gasteiger partial charge is 0.361 e.